The van der Waals surface area contributed by atoms with Gasteiger partial charge in [-0.1, -0.05) is 6.07 Å². The lowest BCUT2D eigenvalue weighted by Gasteiger charge is -2.52. The van der Waals surface area contributed by atoms with Crippen molar-refractivity contribution in [3.8, 4) is 22.5 Å². The van der Waals surface area contributed by atoms with Gasteiger partial charge in [-0.3, -0.25) is 4.98 Å². The zero-order valence-electron chi connectivity index (χ0n) is 22.9. The van der Waals surface area contributed by atoms with Gasteiger partial charge in [0.25, 0.3) is 0 Å². The molecule has 10 nitrogen and oxygen atoms in total. The van der Waals surface area contributed by atoms with E-state index in [0.29, 0.717) is 11.1 Å². The Kier molecular flexibility index (Phi) is 7.87. The number of aromatic nitrogens is 3. The normalized spacial score (nSPS) is 22.2. The number of anilines is 1. The lowest BCUT2D eigenvalue weighted by atomic mass is 9.72. The molecular formula is C27H25F6N5O5S. The van der Waals surface area contributed by atoms with Crippen LogP contribution < -0.4 is 10.5 Å². The third-order valence-electron chi connectivity index (χ3n) is 7.74. The number of pyridine rings is 1. The van der Waals surface area contributed by atoms with Crippen LogP contribution in [0.25, 0.3) is 22.5 Å². The van der Waals surface area contributed by atoms with E-state index in [2.05, 4.69) is 24.4 Å². The molecule has 17 heteroatoms. The number of rotatable bonds is 7. The molecule has 0 spiro atoms. The number of fused-ring (bicyclic) bond motifs is 3. The number of nitrogens with one attached hydrogen (secondary N) is 1. The van der Waals surface area contributed by atoms with Crippen LogP contribution in [-0.2, 0) is 30.5 Å². The first-order chi connectivity index (χ1) is 20.4. The Bertz CT molecular complexity index is 1690. The highest BCUT2D eigenvalue weighted by atomic mass is 32.2. The Hall–Kier alpha value is -3.83. The lowest BCUT2D eigenvalue weighted by Crippen LogP contribution is -2.64. The third kappa shape index (κ3) is 6.34. The van der Waals surface area contributed by atoms with Gasteiger partial charge in [-0.2, -0.15) is 26.3 Å². The van der Waals surface area contributed by atoms with E-state index in [9.17, 15) is 39.6 Å². The molecule has 3 fully saturated rings. The first-order valence-electron chi connectivity index (χ1n) is 13.1. The number of nitrogen functional groups attached to an aromatic ring is 1. The molecule has 0 atom stereocenters. The molecule has 4 heterocycles. The summed E-state index contributed by atoms with van der Waals surface area (Å²) in [6, 6.07) is 6.33. The fourth-order valence-corrected chi connectivity index (χ4v) is 6.69. The molecule has 3 N–H and O–H groups in total. The van der Waals surface area contributed by atoms with Gasteiger partial charge in [0, 0.05) is 17.3 Å². The number of carbonyl (C=O) groups is 1. The van der Waals surface area contributed by atoms with Crippen LogP contribution in [0.15, 0.2) is 47.6 Å². The summed E-state index contributed by atoms with van der Waals surface area (Å²) in [5, 5.41) is 0. The highest BCUT2D eigenvalue weighted by Crippen LogP contribution is 2.45. The molecule has 1 saturated carbocycles. The Labute approximate surface area is 247 Å². The molecule has 6 rings (SSSR count). The monoisotopic (exact) mass is 645 g/mol. The standard InChI is InChI=1S/C27H25F6N5O5S/c1-15-2-3-17(11-18(15)19-12-36-22(34)21(37-19)16-4-9-35-20(10-16)26(28,29)30)44(40,41)38-24-5-7-25(8-6-24,43-13-24)14-42-23(39)27(31,32)33/h2-4,9-12,38H,5-8,13-14H2,1H3,(H2,34,36). The summed E-state index contributed by atoms with van der Waals surface area (Å²) >= 11 is 0. The highest BCUT2D eigenvalue weighted by Gasteiger charge is 2.53. The molecule has 1 aromatic carbocycles. The van der Waals surface area contributed by atoms with E-state index in [-0.39, 0.29) is 60.0 Å². The van der Waals surface area contributed by atoms with E-state index in [1.54, 1.807) is 6.92 Å². The number of nitrogens with two attached hydrogens (primary N) is 1. The van der Waals surface area contributed by atoms with Gasteiger partial charge in [-0.15, -0.1) is 0 Å². The molecule has 2 aromatic heterocycles. The average molecular weight is 646 g/mol. The minimum absolute atomic E-state index is 0.0141. The number of aryl methyl sites for hydroxylation is 1. The van der Waals surface area contributed by atoms with Gasteiger partial charge in [-0.05, 0) is 62.4 Å². The van der Waals surface area contributed by atoms with Gasteiger partial charge >= 0.3 is 18.3 Å². The largest absolute Gasteiger partial charge is 0.490 e. The topological polar surface area (TPSA) is 146 Å². The fourth-order valence-electron chi connectivity index (χ4n) is 5.22. The number of nitrogens with zero attached hydrogens (tertiary/aromatic N) is 3. The number of alkyl halides is 6. The number of esters is 1. The van der Waals surface area contributed by atoms with Crippen LogP contribution in [0.3, 0.4) is 0 Å². The Morgan fingerprint density at radius 3 is 2.39 bits per heavy atom. The zero-order valence-corrected chi connectivity index (χ0v) is 23.7. The van der Waals surface area contributed by atoms with E-state index >= 15 is 0 Å². The second kappa shape index (κ2) is 11.0. The van der Waals surface area contributed by atoms with Crippen molar-refractivity contribution >= 4 is 21.8 Å². The first kappa shape index (κ1) is 31.6. The average Bonchev–Trinajstić information content (AvgIpc) is 2.96. The molecule has 3 aliphatic rings. The maximum atomic E-state index is 13.5. The van der Waals surface area contributed by atoms with Crippen molar-refractivity contribution in [1.82, 2.24) is 19.7 Å². The van der Waals surface area contributed by atoms with Crippen LogP contribution >= 0.6 is 0 Å². The van der Waals surface area contributed by atoms with Crippen LogP contribution in [0.1, 0.15) is 36.9 Å². The summed E-state index contributed by atoms with van der Waals surface area (Å²) in [6.07, 6.45) is -6.82. The van der Waals surface area contributed by atoms with Gasteiger partial charge in [-0.25, -0.2) is 27.9 Å². The summed E-state index contributed by atoms with van der Waals surface area (Å²) in [5.74, 6) is -2.47. The molecule has 0 amide bonds. The zero-order chi connectivity index (χ0) is 32.1. The molecular weight excluding hydrogens is 620 g/mol. The molecule has 2 aliphatic heterocycles. The number of benzene rings is 1. The van der Waals surface area contributed by atoms with Gasteiger partial charge in [0.15, 0.2) is 0 Å². The minimum Gasteiger partial charge on any atom is -0.456 e. The quantitative estimate of drug-likeness (QED) is 0.279. The number of carbonyl (C=O) groups excluding carboxylic acids is 1. The fraction of sp³-hybridized carbons (Fsp3) is 0.407. The SMILES string of the molecule is Cc1ccc(S(=O)(=O)NC23CCC(COC(=O)C(F)(F)F)(CC2)OC3)cc1-c1cnc(N)c(-c2ccnc(C(F)(F)F)c2)n1. The predicted molar refractivity (Wildman–Crippen MR) is 142 cm³/mol. The summed E-state index contributed by atoms with van der Waals surface area (Å²) in [5.41, 5.74) is 3.66. The molecule has 2 bridgehead atoms. The van der Waals surface area contributed by atoms with Crippen molar-refractivity contribution in [2.24, 2.45) is 0 Å². The van der Waals surface area contributed by atoms with E-state index in [1.807, 2.05) is 0 Å². The molecule has 3 aromatic rings. The number of hydrogen-bond acceptors (Lipinski definition) is 9. The summed E-state index contributed by atoms with van der Waals surface area (Å²) in [4.78, 5) is 22.8. The van der Waals surface area contributed by atoms with Crippen molar-refractivity contribution in [3.63, 3.8) is 0 Å². The van der Waals surface area contributed by atoms with Crippen LogP contribution in [0.5, 0.6) is 0 Å². The summed E-state index contributed by atoms with van der Waals surface area (Å²) in [6.45, 7) is 0.940. The van der Waals surface area contributed by atoms with E-state index in [0.717, 1.165) is 12.3 Å². The van der Waals surface area contributed by atoms with Crippen LogP contribution in [0.2, 0.25) is 0 Å². The molecule has 2 saturated heterocycles. The first-order valence-corrected chi connectivity index (χ1v) is 14.6. The van der Waals surface area contributed by atoms with E-state index in [4.69, 9.17) is 10.5 Å². The number of halogens is 6. The van der Waals surface area contributed by atoms with Gasteiger partial charge in [0.1, 0.15) is 29.4 Å². The number of ether oxygens (including phenoxy) is 2. The Morgan fingerprint density at radius 2 is 1.77 bits per heavy atom. The second-order valence-corrected chi connectivity index (χ2v) is 12.5. The molecule has 0 radical (unpaired) electrons. The van der Waals surface area contributed by atoms with E-state index in [1.165, 1.54) is 30.5 Å². The van der Waals surface area contributed by atoms with Crippen LogP contribution in [0.4, 0.5) is 32.2 Å². The predicted octanol–water partition coefficient (Wildman–Crippen LogP) is 4.58. The molecule has 236 valence electrons. The Balaban J connectivity index is 1.37. The number of sulfonamides is 1. The second-order valence-electron chi connectivity index (χ2n) is 10.8. The van der Waals surface area contributed by atoms with Crippen molar-refractivity contribution in [2.75, 3.05) is 18.9 Å². The van der Waals surface area contributed by atoms with Crippen LogP contribution in [-0.4, -0.2) is 59.9 Å². The van der Waals surface area contributed by atoms with E-state index < -0.39 is 51.8 Å². The lowest BCUT2D eigenvalue weighted by molar-refractivity contribution is -0.219. The van der Waals surface area contributed by atoms with Crippen molar-refractivity contribution in [3.05, 3.63) is 54.0 Å². The highest BCUT2D eigenvalue weighted by molar-refractivity contribution is 7.89. The molecule has 0 unspecified atom stereocenters. The van der Waals surface area contributed by atoms with Gasteiger partial charge in [0.05, 0.1) is 28.9 Å². The summed E-state index contributed by atoms with van der Waals surface area (Å²) in [7, 11) is -4.18. The van der Waals surface area contributed by atoms with Crippen molar-refractivity contribution in [1.29, 1.82) is 0 Å². The van der Waals surface area contributed by atoms with Gasteiger partial charge < -0.3 is 15.2 Å². The smallest absolute Gasteiger partial charge is 0.456 e. The Morgan fingerprint density at radius 1 is 1.07 bits per heavy atom. The van der Waals surface area contributed by atoms with Crippen molar-refractivity contribution in [2.45, 2.75) is 61.0 Å². The molecule has 1 aliphatic carbocycles. The maximum Gasteiger partial charge on any atom is 0.490 e. The third-order valence-corrected chi connectivity index (χ3v) is 9.32. The maximum absolute atomic E-state index is 13.5. The molecule has 44 heavy (non-hydrogen) atoms. The number of hydrogen-bond donors (Lipinski definition) is 2. The minimum atomic E-state index is -5.14. The van der Waals surface area contributed by atoms with Crippen molar-refractivity contribution < 1.29 is 49.0 Å². The summed E-state index contributed by atoms with van der Waals surface area (Å²) < 4.78 is 117. The van der Waals surface area contributed by atoms with Gasteiger partial charge in [0.2, 0.25) is 10.0 Å². The van der Waals surface area contributed by atoms with Crippen LogP contribution in [0, 0.1) is 6.92 Å².